The quantitative estimate of drug-likeness (QED) is 0.743. The second kappa shape index (κ2) is 7.65. The number of H-pyrrole nitrogens is 1. The Morgan fingerprint density at radius 2 is 2.22 bits per heavy atom. The van der Waals surface area contributed by atoms with Crippen molar-refractivity contribution >= 4 is 6.09 Å². The van der Waals surface area contributed by atoms with E-state index in [1.54, 1.807) is 4.90 Å². The predicted molar refractivity (Wildman–Crippen MR) is 96.4 cm³/mol. The molecule has 7 heteroatoms. The summed E-state index contributed by atoms with van der Waals surface area (Å²) in [5, 5.41) is 0. The van der Waals surface area contributed by atoms with Gasteiger partial charge in [0.2, 0.25) is 0 Å². The van der Waals surface area contributed by atoms with E-state index in [4.69, 9.17) is 9.15 Å². The van der Waals surface area contributed by atoms with Gasteiger partial charge in [-0.15, -0.1) is 0 Å². The zero-order valence-corrected chi connectivity index (χ0v) is 14.7. The minimum absolute atomic E-state index is 0.00316. The lowest BCUT2D eigenvalue weighted by Gasteiger charge is -2.30. The number of likely N-dealkylation sites (tertiary alicyclic amines) is 1. The first-order valence-electron chi connectivity index (χ1n) is 8.94. The fraction of sp³-hybridized carbons (Fsp3) is 0.300. The van der Waals surface area contributed by atoms with Gasteiger partial charge in [0.25, 0.3) is 0 Å². The first-order valence-corrected chi connectivity index (χ1v) is 8.94. The van der Waals surface area contributed by atoms with Gasteiger partial charge in [-0.2, -0.15) is 0 Å². The molecule has 1 aliphatic rings. The van der Waals surface area contributed by atoms with Gasteiger partial charge in [-0.05, 0) is 18.4 Å². The summed E-state index contributed by atoms with van der Waals surface area (Å²) in [5.74, 6) is 0.205. The molecule has 0 bridgehead atoms. The molecule has 0 radical (unpaired) electrons. The molecule has 2 aromatic heterocycles. The van der Waals surface area contributed by atoms with Gasteiger partial charge in [0.05, 0.1) is 11.6 Å². The monoisotopic (exact) mass is 369 g/mol. The SMILES string of the molecule is O=C(OCc1ccccc1)N1CCC[C@H](c2nc(-c3cc(F)c[nH]3)co2)C1. The summed E-state index contributed by atoms with van der Waals surface area (Å²) in [6.07, 6.45) is 4.17. The molecule has 0 aliphatic carbocycles. The highest BCUT2D eigenvalue weighted by molar-refractivity contribution is 5.67. The number of amides is 1. The van der Waals surface area contributed by atoms with E-state index in [-0.39, 0.29) is 24.4 Å². The normalized spacial score (nSPS) is 17.1. The van der Waals surface area contributed by atoms with Crippen molar-refractivity contribution in [3.05, 3.63) is 66.1 Å². The number of benzene rings is 1. The third-order valence-corrected chi connectivity index (χ3v) is 4.68. The second-order valence-corrected chi connectivity index (χ2v) is 6.63. The molecule has 1 amide bonds. The second-order valence-electron chi connectivity index (χ2n) is 6.63. The predicted octanol–water partition coefficient (Wildman–Crippen LogP) is 4.33. The van der Waals surface area contributed by atoms with Crippen LogP contribution in [0.3, 0.4) is 0 Å². The van der Waals surface area contributed by atoms with Gasteiger partial charge in [0.1, 0.15) is 24.4 Å². The first kappa shape index (κ1) is 17.3. The number of halogens is 1. The van der Waals surface area contributed by atoms with Crippen LogP contribution in [0.5, 0.6) is 0 Å². The van der Waals surface area contributed by atoms with Crippen LogP contribution in [0.2, 0.25) is 0 Å². The number of nitrogens with zero attached hydrogens (tertiary/aromatic N) is 2. The highest BCUT2D eigenvalue weighted by Gasteiger charge is 2.29. The molecule has 0 saturated carbocycles. The molecule has 27 heavy (non-hydrogen) atoms. The summed E-state index contributed by atoms with van der Waals surface area (Å²) < 4.78 is 24.2. The third kappa shape index (κ3) is 4.02. The molecule has 1 N–H and O–H groups in total. The molecule has 4 rings (SSSR count). The van der Waals surface area contributed by atoms with Crippen molar-refractivity contribution in [3.63, 3.8) is 0 Å². The summed E-state index contributed by atoms with van der Waals surface area (Å²) in [6, 6.07) is 11.0. The number of aromatic amines is 1. The molecule has 1 saturated heterocycles. The topological polar surface area (TPSA) is 71.4 Å². The fourth-order valence-electron chi connectivity index (χ4n) is 3.27. The fourth-order valence-corrected chi connectivity index (χ4v) is 3.27. The number of rotatable bonds is 4. The Morgan fingerprint density at radius 1 is 1.37 bits per heavy atom. The van der Waals surface area contributed by atoms with E-state index in [1.165, 1.54) is 18.5 Å². The Labute approximate surface area is 156 Å². The van der Waals surface area contributed by atoms with Gasteiger partial charge in [-0.3, -0.25) is 0 Å². The minimum Gasteiger partial charge on any atom is -0.448 e. The van der Waals surface area contributed by atoms with Crippen LogP contribution >= 0.6 is 0 Å². The van der Waals surface area contributed by atoms with Crippen LogP contribution in [0, 0.1) is 5.82 Å². The van der Waals surface area contributed by atoms with Gasteiger partial charge in [0.15, 0.2) is 5.89 Å². The zero-order valence-electron chi connectivity index (χ0n) is 14.7. The van der Waals surface area contributed by atoms with Crippen molar-refractivity contribution in [3.8, 4) is 11.4 Å². The number of hydrogen-bond acceptors (Lipinski definition) is 4. The van der Waals surface area contributed by atoms with Crippen LogP contribution in [-0.4, -0.2) is 34.1 Å². The van der Waals surface area contributed by atoms with Crippen LogP contribution in [0.4, 0.5) is 9.18 Å². The number of piperidine rings is 1. The summed E-state index contributed by atoms with van der Waals surface area (Å²) in [5.41, 5.74) is 2.07. The molecule has 3 aromatic rings. The van der Waals surface area contributed by atoms with Crippen molar-refractivity contribution in [1.29, 1.82) is 0 Å². The Balaban J connectivity index is 1.38. The van der Waals surface area contributed by atoms with Crippen molar-refractivity contribution in [2.45, 2.75) is 25.4 Å². The number of carbonyl (C=O) groups excluding carboxylic acids is 1. The van der Waals surface area contributed by atoms with E-state index >= 15 is 0 Å². The number of hydrogen-bond donors (Lipinski definition) is 1. The number of oxazole rings is 1. The van der Waals surface area contributed by atoms with Gasteiger partial charge in [0, 0.05) is 25.4 Å². The molecular formula is C20H20FN3O3. The average Bonchev–Trinajstić information content (AvgIpc) is 3.36. The van der Waals surface area contributed by atoms with E-state index in [2.05, 4.69) is 9.97 Å². The summed E-state index contributed by atoms with van der Waals surface area (Å²) >= 11 is 0. The molecule has 3 heterocycles. The van der Waals surface area contributed by atoms with E-state index in [0.717, 1.165) is 18.4 Å². The molecule has 6 nitrogen and oxygen atoms in total. The first-order chi connectivity index (χ1) is 13.2. The van der Waals surface area contributed by atoms with E-state index in [0.29, 0.717) is 30.4 Å². The smallest absolute Gasteiger partial charge is 0.410 e. The summed E-state index contributed by atoms with van der Waals surface area (Å²) in [6.45, 7) is 1.40. The van der Waals surface area contributed by atoms with Gasteiger partial charge in [-0.1, -0.05) is 30.3 Å². The number of ether oxygens (including phenoxy) is 1. The van der Waals surface area contributed by atoms with Crippen LogP contribution in [0.1, 0.15) is 30.2 Å². The Bertz CT molecular complexity index is 906. The zero-order chi connectivity index (χ0) is 18.6. The third-order valence-electron chi connectivity index (χ3n) is 4.68. The molecule has 1 atom stereocenters. The van der Waals surface area contributed by atoms with E-state index in [9.17, 15) is 9.18 Å². The number of aromatic nitrogens is 2. The van der Waals surface area contributed by atoms with Crippen molar-refractivity contribution in [2.75, 3.05) is 13.1 Å². The highest BCUT2D eigenvalue weighted by atomic mass is 19.1. The van der Waals surface area contributed by atoms with E-state index in [1.807, 2.05) is 30.3 Å². The molecular weight excluding hydrogens is 349 g/mol. The molecule has 1 aliphatic heterocycles. The van der Waals surface area contributed by atoms with Crippen molar-refractivity contribution in [2.24, 2.45) is 0 Å². The van der Waals surface area contributed by atoms with Crippen LogP contribution in [-0.2, 0) is 11.3 Å². The van der Waals surface area contributed by atoms with Crippen LogP contribution in [0.15, 0.2) is 53.3 Å². The van der Waals surface area contributed by atoms with Crippen molar-refractivity contribution in [1.82, 2.24) is 14.9 Å². The Hall–Kier alpha value is -3.09. The Kier molecular flexibility index (Phi) is 4.91. The summed E-state index contributed by atoms with van der Waals surface area (Å²) in [4.78, 5) is 21.4. The maximum atomic E-state index is 13.2. The van der Waals surface area contributed by atoms with Crippen LogP contribution < -0.4 is 0 Å². The van der Waals surface area contributed by atoms with Gasteiger partial charge in [-0.25, -0.2) is 14.2 Å². The van der Waals surface area contributed by atoms with Crippen molar-refractivity contribution < 1.29 is 18.3 Å². The maximum Gasteiger partial charge on any atom is 0.410 e. The largest absolute Gasteiger partial charge is 0.448 e. The molecule has 0 spiro atoms. The highest BCUT2D eigenvalue weighted by Crippen LogP contribution is 2.29. The van der Waals surface area contributed by atoms with Gasteiger partial charge < -0.3 is 19.0 Å². The minimum atomic E-state index is -0.348. The molecule has 0 unspecified atom stereocenters. The van der Waals surface area contributed by atoms with Crippen LogP contribution in [0.25, 0.3) is 11.4 Å². The van der Waals surface area contributed by atoms with E-state index < -0.39 is 0 Å². The lowest BCUT2D eigenvalue weighted by Crippen LogP contribution is -2.39. The lowest BCUT2D eigenvalue weighted by atomic mass is 9.98. The molecule has 1 fully saturated rings. The Morgan fingerprint density at radius 3 is 3.00 bits per heavy atom. The summed E-state index contributed by atoms with van der Waals surface area (Å²) in [7, 11) is 0. The molecule has 140 valence electrons. The maximum absolute atomic E-state index is 13.2. The average molecular weight is 369 g/mol. The number of nitrogens with one attached hydrogen (secondary N) is 1. The standard InChI is InChI=1S/C20H20FN3O3/c21-16-9-17(22-10-16)18-13-26-19(23-18)15-7-4-8-24(11-15)20(25)27-12-14-5-2-1-3-6-14/h1-3,5-6,9-10,13,15,22H,4,7-8,11-12H2/t15-/m0/s1. The lowest BCUT2D eigenvalue weighted by molar-refractivity contribution is 0.0839. The molecule has 1 aromatic carbocycles. The van der Waals surface area contributed by atoms with Gasteiger partial charge >= 0.3 is 6.09 Å². The number of carbonyl (C=O) groups is 1.